The van der Waals surface area contributed by atoms with Crippen LogP contribution in [0.4, 0.5) is 5.82 Å². The van der Waals surface area contributed by atoms with E-state index in [0.717, 1.165) is 28.4 Å². The molecule has 0 saturated carbocycles. The van der Waals surface area contributed by atoms with Crippen LogP contribution in [0.2, 0.25) is 0 Å². The van der Waals surface area contributed by atoms with Crippen LogP contribution in [-0.2, 0) is 6.61 Å². The quantitative estimate of drug-likeness (QED) is 0.926. The molecule has 4 nitrogen and oxygen atoms in total. The monoisotopic (exact) mass is 271 g/mol. The van der Waals surface area contributed by atoms with Crippen molar-refractivity contribution in [2.45, 2.75) is 34.3 Å². The summed E-state index contributed by atoms with van der Waals surface area (Å²) < 4.78 is 5.91. The third kappa shape index (κ3) is 3.26. The van der Waals surface area contributed by atoms with Gasteiger partial charge in [-0.15, -0.1) is 0 Å². The molecule has 0 unspecified atom stereocenters. The highest BCUT2D eigenvalue weighted by atomic mass is 16.5. The van der Waals surface area contributed by atoms with E-state index in [1.54, 1.807) is 0 Å². The van der Waals surface area contributed by atoms with Crippen LogP contribution in [0.25, 0.3) is 0 Å². The second-order valence-electron chi connectivity index (χ2n) is 5.08. The molecule has 1 aromatic carbocycles. The van der Waals surface area contributed by atoms with Crippen LogP contribution in [0.3, 0.4) is 0 Å². The van der Waals surface area contributed by atoms with E-state index < -0.39 is 0 Å². The first-order valence-electron chi connectivity index (χ1n) is 6.72. The summed E-state index contributed by atoms with van der Waals surface area (Å²) in [7, 11) is 1.85. The minimum Gasteiger partial charge on any atom is -0.485 e. The smallest absolute Gasteiger partial charge is 0.168 e. The Hall–Kier alpha value is -2.10. The summed E-state index contributed by atoms with van der Waals surface area (Å²) in [5, 5.41) is 3.03. The molecular formula is C16H21N3O. The molecule has 0 aliphatic heterocycles. The minimum atomic E-state index is 0.376. The first-order chi connectivity index (χ1) is 9.49. The van der Waals surface area contributed by atoms with E-state index in [2.05, 4.69) is 48.2 Å². The highest BCUT2D eigenvalue weighted by molar-refractivity contribution is 5.43. The maximum absolute atomic E-state index is 5.91. The molecule has 0 atom stereocenters. The molecule has 106 valence electrons. The van der Waals surface area contributed by atoms with Crippen LogP contribution in [0.5, 0.6) is 5.75 Å². The van der Waals surface area contributed by atoms with Gasteiger partial charge in [-0.25, -0.2) is 9.97 Å². The zero-order valence-corrected chi connectivity index (χ0v) is 12.7. The van der Waals surface area contributed by atoms with Crippen molar-refractivity contribution in [3.05, 3.63) is 46.4 Å². The zero-order valence-electron chi connectivity index (χ0n) is 12.7. The van der Waals surface area contributed by atoms with Gasteiger partial charge in [0.1, 0.15) is 18.2 Å². The van der Waals surface area contributed by atoms with E-state index in [1.807, 2.05) is 20.0 Å². The molecule has 0 saturated heterocycles. The number of nitrogens with zero attached hydrogens (tertiary/aromatic N) is 2. The summed E-state index contributed by atoms with van der Waals surface area (Å²) >= 11 is 0. The fraction of sp³-hybridized carbons (Fsp3) is 0.375. The molecule has 1 aromatic heterocycles. The normalized spacial score (nSPS) is 10.4. The summed E-state index contributed by atoms with van der Waals surface area (Å²) in [6.07, 6.45) is 0. The lowest BCUT2D eigenvalue weighted by Crippen LogP contribution is -2.06. The lowest BCUT2D eigenvalue weighted by atomic mass is 10.1. The fourth-order valence-corrected chi connectivity index (χ4v) is 2.35. The van der Waals surface area contributed by atoms with E-state index in [-0.39, 0.29) is 0 Å². The van der Waals surface area contributed by atoms with E-state index in [0.29, 0.717) is 12.4 Å². The van der Waals surface area contributed by atoms with Crippen LogP contribution >= 0.6 is 0 Å². The number of hydrogen-bond donors (Lipinski definition) is 1. The summed E-state index contributed by atoms with van der Waals surface area (Å²) in [6.45, 7) is 8.54. The number of nitrogens with one attached hydrogen (secondary N) is 1. The first kappa shape index (κ1) is 14.3. The van der Waals surface area contributed by atoms with Crippen molar-refractivity contribution < 1.29 is 4.74 Å². The van der Waals surface area contributed by atoms with E-state index in [1.165, 1.54) is 5.56 Å². The first-order valence-corrected chi connectivity index (χ1v) is 6.72. The highest BCUT2D eigenvalue weighted by Crippen LogP contribution is 2.25. The molecule has 1 heterocycles. The summed E-state index contributed by atoms with van der Waals surface area (Å²) in [4.78, 5) is 8.79. The van der Waals surface area contributed by atoms with Crippen LogP contribution in [0, 0.1) is 27.7 Å². The van der Waals surface area contributed by atoms with Gasteiger partial charge >= 0.3 is 0 Å². The third-order valence-electron chi connectivity index (χ3n) is 3.11. The Labute approximate surface area is 120 Å². The second-order valence-corrected chi connectivity index (χ2v) is 5.08. The molecule has 1 N–H and O–H groups in total. The van der Waals surface area contributed by atoms with Crippen LogP contribution in [-0.4, -0.2) is 17.0 Å². The summed E-state index contributed by atoms with van der Waals surface area (Å²) in [5.41, 5.74) is 4.46. The molecule has 20 heavy (non-hydrogen) atoms. The molecule has 2 aromatic rings. The predicted molar refractivity (Wildman–Crippen MR) is 81.3 cm³/mol. The molecule has 0 bridgehead atoms. The Kier molecular flexibility index (Phi) is 4.23. The van der Waals surface area contributed by atoms with Crippen molar-refractivity contribution in [1.82, 2.24) is 9.97 Å². The molecule has 0 aliphatic rings. The van der Waals surface area contributed by atoms with Crippen LogP contribution < -0.4 is 10.1 Å². The van der Waals surface area contributed by atoms with Crippen molar-refractivity contribution in [2.75, 3.05) is 12.4 Å². The Bertz CT molecular complexity index is 600. The van der Waals surface area contributed by atoms with E-state index >= 15 is 0 Å². The Balaban J connectivity index is 2.19. The number of benzene rings is 1. The number of aromatic nitrogens is 2. The van der Waals surface area contributed by atoms with Gasteiger partial charge in [0.05, 0.1) is 0 Å². The van der Waals surface area contributed by atoms with Gasteiger partial charge < -0.3 is 10.1 Å². The molecule has 4 heteroatoms. The maximum atomic E-state index is 5.91. The van der Waals surface area contributed by atoms with Crippen molar-refractivity contribution in [2.24, 2.45) is 0 Å². The molecule has 0 spiro atoms. The Morgan fingerprint density at radius 3 is 2.25 bits per heavy atom. The fourth-order valence-electron chi connectivity index (χ4n) is 2.35. The molecule has 2 rings (SSSR count). The van der Waals surface area contributed by atoms with Gasteiger partial charge in [0.25, 0.3) is 0 Å². The maximum Gasteiger partial charge on any atom is 0.168 e. The summed E-state index contributed by atoms with van der Waals surface area (Å²) in [6, 6.07) is 6.16. The van der Waals surface area contributed by atoms with E-state index in [4.69, 9.17) is 4.74 Å². The lowest BCUT2D eigenvalue weighted by Gasteiger charge is -2.13. The van der Waals surface area contributed by atoms with Crippen molar-refractivity contribution in [1.29, 1.82) is 0 Å². The third-order valence-corrected chi connectivity index (χ3v) is 3.11. The van der Waals surface area contributed by atoms with E-state index in [9.17, 15) is 0 Å². The standard InChI is InChI=1S/C16H21N3O/c1-10-6-11(2)16(12(3)7-10)20-9-15-18-13(4)8-14(17-5)19-15/h6-8H,9H2,1-5H3,(H,17,18,19). The Morgan fingerprint density at radius 1 is 1.00 bits per heavy atom. The van der Waals surface area contributed by atoms with Gasteiger partial charge in [-0.2, -0.15) is 0 Å². The zero-order chi connectivity index (χ0) is 14.7. The second kappa shape index (κ2) is 5.90. The largest absolute Gasteiger partial charge is 0.485 e. The minimum absolute atomic E-state index is 0.376. The average Bonchev–Trinajstić information content (AvgIpc) is 2.36. The molecule has 0 fully saturated rings. The molecular weight excluding hydrogens is 250 g/mol. The van der Waals surface area contributed by atoms with Gasteiger partial charge in [-0.05, 0) is 38.8 Å². The lowest BCUT2D eigenvalue weighted by molar-refractivity contribution is 0.291. The number of ether oxygens (including phenoxy) is 1. The molecule has 0 aliphatic carbocycles. The highest BCUT2D eigenvalue weighted by Gasteiger charge is 2.07. The van der Waals surface area contributed by atoms with Crippen molar-refractivity contribution in [3.8, 4) is 5.75 Å². The summed E-state index contributed by atoms with van der Waals surface area (Å²) in [5.74, 6) is 2.42. The van der Waals surface area contributed by atoms with Gasteiger partial charge in [-0.1, -0.05) is 17.7 Å². The van der Waals surface area contributed by atoms with Crippen molar-refractivity contribution >= 4 is 5.82 Å². The van der Waals surface area contributed by atoms with Crippen molar-refractivity contribution in [3.63, 3.8) is 0 Å². The topological polar surface area (TPSA) is 47.0 Å². The van der Waals surface area contributed by atoms with Gasteiger partial charge in [-0.3, -0.25) is 0 Å². The SMILES string of the molecule is CNc1cc(C)nc(COc2c(C)cc(C)cc2C)n1. The molecule has 0 radical (unpaired) electrons. The number of anilines is 1. The van der Waals surface area contributed by atoms with Gasteiger partial charge in [0.15, 0.2) is 5.82 Å². The number of aryl methyl sites for hydroxylation is 4. The van der Waals surface area contributed by atoms with Crippen LogP contribution in [0.15, 0.2) is 18.2 Å². The average molecular weight is 271 g/mol. The van der Waals surface area contributed by atoms with Gasteiger partial charge in [0.2, 0.25) is 0 Å². The molecule has 0 amide bonds. The van der Waals surface area contributed by atoms with Gasteiger partial charge in [0, 0.05) is 18.8 Å². The van der Waals surface area contributed by atoms with Crippen LogP contribution in [0.1, 0.15) is 28.2 Å². The number of rotatable bonds is 4. The predicted octanol–water partition coefficient (Wildman–Crippen LogP) is 3.33. The number of hydrogen-bond acceptors (Lipinski definition) is 4. The Morgan fingerprint density at radius 2 is 1.65 bits per heavy atom.